The maximum atomic E-state index is 11.6. The molecular weight excluding hydrogens is 298 g/mol. The van der Waals surface area contributed by atoms with Gasteiger partial charge in [0.05, 0.1) is 5.69 Å². The van der Waals surface area contributed by atoms with E-state index in [4.69, 9.17) is 11.6 Å². The van der Waals surface area contributed by atoms with E-state index >= 15 is 0 Å². The predicted molar refractivity (Wildman–Crippen MR) is 88.3 cm³/mol. The molecule has 1 aromatic heterocycles. The van der Waals surface area contributed by atoms with Crippen molar-refractivity contribution in [2.75, 3.05) is 11.2 Å². The van der Waals surface area contributed by atoms with Crippen LogP contribution in [0.3, 0.4) is 0 Å². The van der Waals surface area contributed by atoms with Crippen molar-refractivity contribution in [3.05, 3.63) is 66.9 Å². The first-order valence-electron chi connectivity index (χ1n) is 6.84. The molecule has 0 saturated heterocycles. The van der Waals surface area contributed by atoms with Gasteiger partial charge in [-0.25, -0.2) is 4.98 Å². The highest BCUT2D eigenvalue weighted by atomic mass is 35.5. The molecule has 22 heavy (non-hydrogen) atoms. The number of imidazole rings is 1. The van der Waals surface area contributed by atoms with E-state index in [0.717, 1.165) is 16.9 Å². The second-order valence-electron chi connectivity index (χ2n) is 4.70. The number of nitrogens with one attached hydrogen (secondary N) is 1. The monoisotopic (exact) mass is 311 g/mol. The van der Waals surface area contributed by atoms with Crippen molar-refractivity contribution < 1.29 is 4.79 Å². The van der Waals surface area contributed by atoms with Gasteiger partial charge in [0.2, 0.25) is 11.9 Å². The Morgan fingerprint density at radius 2 is 1.68 bits per heavy atom. The number of hydrogen-bond acceptors (Lipinski definition) is 2. The Bertz CT molecular complexity index is 769. The Labute approximate surface area is 133 Å². The zero-order chi connectivity index (χ0) is 15.4. The molecule has 0 spiro atoms. The highest BCUT2D eigenvalue weighted by molar-refractivity contribution is 6.28. The summed E-state index contributed by atoms with van der Waals surface area (Å²) in [6.45, 7) is 0. The average molecular weight is 312 g/mol. The second kappa shape index (κ2) is 6.45. The van der Waals surface area contributed by atoms with Gasteiger partial charge in [0.15, 0.2) is 0 Å². The number of alkyl halides is 1. The van der Waals surface area contributed by atoms with Crippen LogP contribution in [0.1, 0.15) is 0 Å². The smallest absolute Gasteiger partial charge is 0.241 e. The number of amides is 1. The molecule has 3 rings (SSSR count). The van der Waals surface area contributed by atoms with Gasteiger partial charge in [-0.15, -0.1) is 11.6 Å². The van der Waals surface area contributed by atoms with E-state index in [-0.39, 0.29) is 11.8 Å². The Balaban J connectivity index is 2.07. The quantitative estimate of drug-likeness (QED) is 0.747. The molecule has 0 aliphatic heterocycles. The molecule has 5 heteroatoms. The Hall–Kier alpha value is -2.59. The number of para-hydroxylation sites is 1. The van der Waals surface area contributed by atoms with Crippen LogP contribution in [0.5, 0.6) is 0 Å². The highest BCUT2D eigenvalue weighted by Crippen LogP contribution is 2.24. The number of halogens is 1. The summed E-state index contributed by atoms with van der Waals surface area (Å²) in [5.74, 6) is 0.0576. The Morgan fingerprint density at radius 3 is 2.32 bits per heavy atom. The van der Waals surface area contributed by atoms with Crippen LogP contribution in [0, 0.1) is 0 Å². The van der Waals surface area contributed by atoms with Crippen molar-refractivity contribution in [3.8, 4) is 16.9 Å². The van der Waals surface area contributed by atoms with Crippen molar-refractivity contribution >= 4 is 23.5 Å². The van der Waals surface area contributed by atoms with E-state index in [1.807, 2.05) is 71.4 Å². The maximum absolute atomic E-state index is 11.6. The molecule has 1 heterocycles. The molecule has 4 nitrogen and oxygen atoms in total. The largest absolute Gasteiger partial charge is 0.295 e. The number of hydrogen-bond donors (Lipinski definition) is 1. The third kappa shape index (κ3) is 3.02. The summed E-state index contributed by atoms with van der Waals surface area (Å²) in [5.41, 5.74) is 2.69. The molecule has 3 aromatic rings. The highest BCUT2D eigenvalue weighted by Gasteiger charge is 2.13. The molecule has 0 atom stereocenters. The topological polar surface area (TPSA) is 46.9 Å². The third-order valence-corrected chi connectivity index (χ3v) is 3.43. The number of benzene rings is 2. The third-order valence-electron chi connectivity index (χ3n) is 3.18. The molecule has 1 amide bonds. The van der Waals surface area contributed by atoms with Crippen LogP contribution >= 0.6 is 11.6 Å². The molecule has 0 fully saturated rings. The van der Waals surface area contributed by atoms with Gasteiger partial charge in [-0.2, -0.15) is 0 Å². The molecule has 0 aliphatic carbocycles. The molecule has 0 bridgehead atoms. The van der Waals surface area contributed by atoms with Gasteiger partial charge in [-0.05, 0) is 12.1 Å². The van der Waals surface area contributed by atoms with E-state index in [0.29, 0.717) is 5.95 Å². The summed E-state index contributed by atoms with van der Waals surface area (Å²) in [4.78, 5) is 16.1. The molecule has 0 saturated carbocycles. The van der Waals surface area contributed by atoms with Crippen molar-refractivity contribution in [1.29, 1.82) is 0 Å². The predicted octanol–water partition coefficient (Wildman–Crippen LogP) is 3.72. The van der Waals surface area contributed by atoms with Crippen molar-refractivity contribution in [1.82, 2.24) is 9.55 Å². The summed E-state index contributed by atoms with van der Waals surface area (Å²) in [6.07, 6.45) is 1.90. The number of carbonyl (C=O) groups excluding carboxylic acids is 1. The zero-order valence-corrected chi connectivity index (χ0v) is 12.5. The lowest BCUT2D eigenvalue weighted by Gasteiger charge is -2.07. The fourth-order valence-electron chi connectivity index (χ4n) is 2.16. The lowest BCUT2D eigenvalue weighted by molar-refractivity contribution is -0.114. The summed E-state index contributed by atoms with van der Waals surface area (Å²) in [5, 5.41) is 2.73. The van der Waals surface area contributed by atoms with Gasteiger partial charge in [0, 0.05) is 17.4 Å². The number of carbonyl (C=O) groups is 1. The number of rotatable bonds is 4. The lowest BCUT2D eigenvalue weighted by atomic mass is 10.2. The van der Waals surface area contributed by atoms with Crippen LogP contribution in [-0.4, -0.2) is 21.3 Å². The van der Waals surface area contributed by atoms with Crippen LogP contribution in [-0.2, 0) is 4.79 Å². The van der Waals surface area contributed by atoms with Crippen LogP contribution in [0.4, 0.5) is 5.95 Å². The molecule has 0 radical (unpaired) electrons. The van der Waals surface area contributed by atoms with Gasteiger partial charge < -0.3 is 0 Å². The van der Waals surface area contributed by atoms with E-state index in [1.165, 1.54) is 0 Å². The zero-order valence-electron chi connectivity index (χ0n) is 11.7. The Morgan fingerprint density at radius 1 is 1.05 bits per heavy atom. The minimum Gasteiger partial charge on any atom is -0.295 e. The minimum absolute atomic E-state index is 0.109. The second-order valence-corrected chi connectivity index (χ2v) is 4.97. The van der Waals surface area contributed by atoms with Gasteiger partial charge in [0.25, 0.3) is 0 Å². The first-order chi connectivity index (χ1) is 10.8. The van der Waals surface area contributed by atoms with E-state index in [2.05, 4.69) is 10.3 Å². The summed E-state index contributed by atoms with van der Waals surface area (Å²) in [7, 11) is 0. The first-order valence-corrected chi connectivity index (χ1v) is 7.37. The lowest BCUT2D eigenvalue weighted by Crippen LogP contribution is -2.16. The minimum atomic E-state index is -0.288. The number of anilines is 1. The Kier molecular flexibility index (Phi) is 4.21. The van der Waals surface area contributed by atoms with Crippen LogP contribution < -0.4 is 5.32 Å². The van der Waals surface area contributed by atoms with Gasteiger partial charge in [-0.1, -0.05) is 48.5 Å². The molecular formula is C17H14ClN3O. The fraction of sp³-hybridized carbons (Fsp3) is 0.0588. The van der Waals surface area contributed by atoms with Crippen LogP contribution in [0.25, 0.3) is 16.9 Å². The van der Waals surface area contributed by atoms with Gasteiger partial charge >= 0.3 is 0 Å². The van der Waals surface area contributed by atoms with E-state index in [9.17, 15) is 4.79 Å². The van der Waals surface area contributed by atoms with Crippen LogP contribution in [0.15, 0.2) is 66.9 Å². The number of aromatic nitrogens is 2. The summed E-state index contributed by atoms with van der Waals surface area (Å²) >= 11 is 5.57. The maximum Gasteiger partial charge on any atom is 0.241 e. The first kappa shape index (κ1) is 14.4. The molecule has 2 aromatic carbocycles. The molecule has 110 valence electrons. The molecule has 1 N–H and O–H groups in total. The van der Waals surface area contributed by atoms with Crippen molar-refractivity contribution in [3.63, 3.8) is 0 Å². The molecule has 0 aliphatic rings. The van der Waals surface area contributed by atoms with Gasteiger partial charge in [0.1, 0.15) is 5.88 Å². The number of nitrogens with zero attached hydrogens (tertiary/aromatic N) is 2. The fourth-order valence-corrected chi connectivity index (χ4v) is 2.23. The van der Waals surface area contributed by atoms with E-state index < -0.39 is 0 Å². The average Bonchev–Trinajstić information content (AvgIpc) is 3.00. The summed E-state index contributed by atoms with van der Waals surface area (Å²) < 4.78 is 1.84. The van der Waals surface area contributed by atoms with E-state index in [1.54, 1.807) is 0 Å². The van der Waals surface area contributed by atoms with Gasteiger partial charge in [-0.3, -0.25) is 14.7 Å². The van der Waals surface area contributed by atoms with Crippen molar-refractivity contribution in [2.45, 2.75) is 0 Å². The van der Waals surface area contributed by atoms with Crippen LogP contribution in [0.2, 0.25) is 0 Å². The summed E-state index contributed by atoms with van der Waals surface area (Å²) in [6, 6.07) is 19.5. The SMILES string of the molecule is O=C(CCl)Nc1nc(-c2ccccc2)cn1-c1ccccc1. The normalized spacial score (nSPS) is 10.4. The molecule has 0 unspecified atom stereocenters. The van der Waals surface area contributed by atoms with Crippen molar-refractivity contribution in [2.24, 2.45) is 0 Å². The standard InChI is InChI=1S/C17H14ClN3O/c18-11-16(22)20-17-19-15(13-7-3-1-4-8-13)12-21(17)14-9-5-2-6-10-14/h1-10,12H,11H2,(H,19,20,22).